The molecule has 7 nitrogen and oxygen atoms in total. The number of imidazole rings is 1. The van der Waals surface area contributed by atoms with Crippen molar-refractivity contribution in [1.29, 1.82) is 0 Å². The lowest BCUT2D eigenvalue weighted by molar-refractivity contribution is -0.137. The van der Waals surface area contributed by atoms with Gasteiger partial charge >= 0.3 is 6.18 Å². The number of rotatable bonds is 5. The van der Waals surface area contributed by atoms with Crippen LogP contribution in [0.2, 0.25) is 0 Å². The third kappa shape index (κ3) is 4.70. The number of benzene rings is 2. The maximum atomic E-state index is 13.7. The fourth-order valence-electron chi connectivity index (χ4n) is 4.00. The molecule has 188 valence electrons. The number of aryl methyl sites for hydroxylation is 1. The number of hydrogen-bond acceptors (Lipinski definition) is 5. The summed E-state index contributed by atoms with van der Waals surface area (Å²) in [5.41, 5.74) is 1.41. The normalized spacial score (nSPS) is 12.6. The fraction of sp³-hybridized carbons (Fsp3) is 0.148. The zero-order valence-corrected chi connectivity index (χ0v) is 19.7. The van der Waals surface area contributed by atoms with Crippen molar-refractivity contribution in [3.05, 3.63) is 95.5 Å². The number of hydrogen-bond donors (Lipinski definition) is 2. The first-order chi connectivity index (χ1) is 17.6. The number of aliphatic hydroxyl groups is 1. The lowest BCUT2D eigenvalue weighted by Gasteiger charge is -2.13. The first kappa shape index (κ1) is 24.3. The summed E-state index contributed by atoms with van der Waals surface area (Å²) in [5, 5.41) is 12.8. The third-order valence-corrected chi connectivity index (χ3v) is 5.85. The lowest BCUT2D eigenvalue weighted by atomic mass is 10.0. The van der Waals surface area contributed by atoms with E-state index in [4.69, 9.17) is 4.42 Å². The Balaban J connectivity index is 1.60. The number of alkyl halides is 3. The summed E-state index contributed by atoms with van der Waals surface area (Å²) in [4.78, 5) is 22.0. The van der Waals surface area contributed by atoms with E-state index in [-0.39, 0.29) is 17.0 Å². The van der Waals surface area contributed by atoms with Crippen LogP contribution < -0.4 is 5.32 Å². The Labute approximate surface area is 209 Å². The molecule has 0 aliphatic rings. The molecule has 0 saturated carbocycles. The summed E-state index contributed by atoms with van der Waals surface area (Å²) in [5.74, 6) is -0.543. The average Bonchev–Trinajstić information content (AvgIpc) is 3.47. The standard InChI is InChI=1S/C27H21F3N4O3/c1-15-14-37-26(31-15)20-12-19(8-9-21(20)27(28,29)30)25(36)33-24-23(17-6-4-3-5-7-17)32-22-13-18(16(2)35)10-11-34(22)24/h3-14,16,35H,1-2H3,(H,33,36)/t16-/m0/s1. The van der Waals surface area contributed by atoms with Gasteiger partial charge in [0.25, 0.3) is 5.91 Å². The van der Waals surface area contributed by atoms with Crippen molar-refractivity contribution in [2.24, 2.45) is 0 Å². The van der Waals surface area contributed by atoms with Crippen LogP contribution in [0.5, 0.6) is 0 Å². The van der Waals surface area contributed by atoms with E-state index in [0.717, 1.165) is 23.8 Å². The van der Waals surface area contributed by atoms with Gasteiger partial charge in [-0.1, -0.05) is 30.3 Å². The van der Waals surface area contributed by atoms with Crippen molar-refractivity contribution in [1.82, 2.24) is 14.4 Å². The van der Waals surface area contributed by atoms with Crippen molar-refractivity contribution < 1.29 is 27.5 Å². The third-order valence-electron chi connectivity index (χ3n) is 5.85. The Morgan fingerprint density at radius 1 is 1.08 bits per heavy atom. The van der Waals surface area contributed by atoms with Crippen LogP contribution in [0, 0.1) is 6.92 Å². The number of aliphatic hydroxyl groups excluding tert-OH is 1. The predicted molar refractivity (Wildman–Crippen MR) is 131 cm³/mol. The van der Waals surface area contributed by atoms with E-state index in [1.807, 2.05) is 30.3 Å². The molecule has 5 rings (SSSR count). The molecule has 37 heavy (non-hydrogen) atoms. The molecule has 3 aromatic heterocycles. The molecule has 0 spiro atoms. The second-order valence-corrected chi connectivity index (χ2v) is 8.55. The van der Waals surface area contributed by atoms with Crippen LogP contribution in [0.15, 0.2) is 77.5 Å². The smallest absolute Gasteiger partial charge is 0.417 e. The van der Waals surface area contributed by atoms with E-state index >= 15 is 0 Å². The molecule has 10 heteroatoms. The molecule has 2 aromatic carbocycles. The minimum atomic E-state index is -4.67. The lowest BCUT2D eigenvalue weighted by Crippen LogP contribution is -2.15. The molecule has 0 fully saturated rings. The van der Waals surface area contributed by atoms with Crippen LogP contribution in [0.4, 0.5) is 19.0 Å². The highest BCUT2D eigenvalue weighted by Crippen LogP contribution is 2.38. The molecular formula is C27H21F3N4O3. The topological polar surface area (TPSA) is 92.7 Å². The van der Waals surface area contributed by atoms with Crippen LogP contribution in [0.3, 0.4) is 0 Å². The maximum Gasteiger partial charge on any atom is 0.417 e. The quantitative estimate of drug-likeness (QED) is 0.292. The van der Waals surface area contributed by atoms with E-state index < -0.39 is 23.8 Å². The highest BCUT2D eigenvalue weighted by atomic mass is 19.4. The fourth-order valence-corrected chi connectivity index (χ4v) is 4.00. The highest BCUT2D eigenvalue weighted by Gasteiger charge is 2.35. The second-order valence-electron chi connectivity index (χ2n) is 8.55. The Morgan fingerprint density at radius 2 is 1.84 bits per heavy atom. The molecule has 3 heterocycles. The van der Waals surface area contributed by atoms with Gasteiger partial charge in [0, 0.05) is 17.3 Å². The van der Waals surface area contributed by atoms with Crippen molar-refractivity contribution >= 4 is 17.4 Å². The van der Waals surface area contributed by atoms with Crippen LogP contribution in [0.1, 0.15) is 40.2 Å². The summed E-state index contributed by atoms with van der Waals surface area (Å²) in [6.07, 6.45) is -2.48. The number of nitrogens with one attached hydrogen (secondary N) is 1. The molecule has 0 aliphatic carbocycles. The molecule has 0 aliphatic heterocycles. The van der Waals surface area contributed by atoms with Gasteiger partial charge < -0.3 is 14.8 Å². The summed E-state index contributed by atoms with van der Waals surface area (Å²) < 4.78 is 47.9. The van der Waals surface area contributed by atoms with Crippen molar-refractivity contribution in [2.75, 3.05) is 5.32 Å². The SMILES string of the molecule is Cc1coc(-c2cc(C(=O)Nc3c(-c4ccccc4)nc4cc([C@H](C)O)ccn34)ccc2C(F)(F)F)n1. The Hall–Kier alpha value is -4.44. The first-order valence-electron chi connectivity index (χ1n) is 11.3. The number of carbonyl (C=O) groups excluding carboxylic acids is 1. The highest BCUT2D eigenvalue weighted by molar-refractivity contribution is 6.06. The van der Waals surface area contributed by atoms with Gasteiger partial charge in [-0.25, -0.2) is 9.97 Å². The predicted octanol–water partition coefficient (Wildman–Crippen LogP) is 6.29. The van der Waals surface area contributed by atoms with Gasteiger partial charge in [0.05, 0.1) is 22.9 Å². The summed E-state index contributed by atoms with van der Waals surface area (Å²) in [6.45, 7) is 3.22. The molecule has 2 N–H and O–H groups in total. The zero-order chi connectivity index (χ0) is 26.3. The number of amides is 1. The Morgan fingerprint density at radius 3 is 2.49 bits per heavy atom. The zero-order valence-electron chi connectivity index (χ0n) is 19.7. The van der Waals surface area contributed by atoms with Gasteiger partial charge in [0.15, 0.2) is 0 Å². The number of halogens is 3. The molecule has 1 atom stereocenters. The maximum absolute atomic E-state index is 13.7. The number of nitrogens with zero attached hydrogens (tertiary/aromatic N) is 3. The molecule has 1 amide bonds. The van der Waals surface area contributed by atoms with Gasteiger partial charge in [-0.05, 0) is 49.7 Å². The second kappa shape index (κ2) is 9.21. The van der Waals surface area contributed by atoms with Gasteiger partial charge in [-0.3, -0.25) is 9.20 Å². The van der Waals surface area contributed by atoms with E-state index in [0.29, 0.717) is 28.4 Å². The monoisotopic (exact) mass is 506 g/mol. The molecular weight excluding hydrogens is 485 g/mol. The van der Waals surface area contributed by atoms with Crippen molar-refractivity contribution in [2.45, 2.75) is 26.1 Å². The summed E-state index contributed by atoms with van der Waals surface area (Å²) in [6, 6.07) is 15.6. The van der Waals surface area contributed by atoms with Crippen molar-refractivity contribution in [3.63, 3.8) is 0 Å². The van der Waals surface area contributed by atoms with E-state index in [1.54, 1.807) is 36.6 Å². The number of anilines is 1. The van der Waals surface area contributed by atoms with Crippen LogP contribution in [-0.2, 0) is 6.18 Å². The van der Waals surface area contributed by atoms with Crippen LogP contribution >= 0.6 is 0 Å². The van der Waals surface area contributed by atoms with E-state index in [2.05, 4.69) is 15.3 Å². The van der Waals surface area contributed by atoms with Crippen molar-refractivity contribution in [3.8, 4) is 22.7 Å². The molecule has 0 unspecified atom stereocenters. The van der Waals surface area contributed by atoms with E-state index in [1.165, 1.54) is 6.26 Å². The van der Waals surface area contributed by atoms with E-state index in [9.17, 15) is 23.1 Å². The minimum absolute atomic E-state index is 0.0200. The minimum Gasteiger partial charge on any atom is -0.444 e. The number of oxazole rings is 1. The number of pyridine rings is 1. The number of fused-ring (bicyclic) bond motifs is 1. The largest absolute Gasteiger partial charge is 0.444 e. The van der Waals surface area contributed by atoms with Gasteiger partial charge in [-0.2, -0.15) is 13.2 Å². The molecule has 0 bridgehead atoms. The molecule has 0 radical (unpaired) electrons. The number of carbonyl (C=O) groups is 1. The van der Waals surface area contributed by atoms with Crippen LogP contribution in [0.25, 0.3) is 28.4 Å². The van der Waals surface area contributed by atoms with Crippen LogP contribution in [-0.4, -0.2) is 25.4 Å². The Bertz CT molecular complexity index is 1600. The molecule has 0 saturated heterocycles. The van der Waals surface area contributed by atoms with Gasteiger partial charge in [0.1, 0.15) is 23.4 Å². The van der Waals surface area contributed by atoms with Gasteiger partial charge in [0.2, 0.25) is 5.89 Å². The average molecular weight is 506 g/mol. The first-order valence-corrected chi connectivity index (χ1v) is 11.3. The summed E-state index contributed by atoms with van der Waals surface area (Å²) in [7, 11) is 0. The number of aromatic nitrogens is 3. The van der Waals surface area contributed by atoms with Gasteiger partial charge in [-0.15, -0.1) is 0 Å². The summed E-state index contributed by atoms with van der Waals surface area (Å²) >= 11 is 0. The molecule has 5 aromatic rings. The Kier molecular flexibility index (Phi) is 6.04.